The number of aryl methyl sites for hydroxylation is 2. The lowest BCUT2D eigenvalue weighted by Gasteiger charge is -2.18. The molecule has 0 spiro atoms. The van der Waals surface area contributed by atoms with Crippen LogP contribution in [-0.4, -0.2) is 28.1 Å². The minimum atomic E-state index is -0.914. The number of aromatic nitrogens is 2. The predicted octanol–water partition coefficient (Wildman–Crippen LogP) is 2.43. The zero-order valence-corrected chi connectivity index (χ0v) is 11.8. The molecule has 5 nitrogen and oxygen atoms in total. The molecule has 0 amide bonds. The Morgan fingerprint density at radius 3 is 2.20 bits per heavy atom. The molecule has 0 aliphatic heterocycles. The molecule has 0 fully saturated rings. The zero-order valence-electron chi connectivity index (χ0n) is 11.8. The van der Waals surface area contributed by atoms with Crippen LogP contribution in [0.1, 0.15) is 27.3 Å². The van der Waals surface area contributed by atoms with E-state index in [9.17, 15) is 4.79 Å². The number of carboxylic acid groups (broad SMARTS) is 1. The van der Waals surface area contributed by atoms with Gasteiger partial charge in [0.15, 0.2) is 0 Å². The molecule has 0 aliphatic carbocycles. The summed E-state index contributed by atoms with van der Waals surface area (Å²) in [6.07, 6.45) is 0. The Hall–Kier alpha value is -2.43. The Morgan fingerprint density at radius 2 is 1.70 bits per heavy atom. The highest BCUT2D eigenvalue weighted by Crippen LogP contribution is 2.13. The second-order valence-corrected chi connectivity index (χ2v) is 4.81. The number of anilines is 1. The van der Waals surface area contributed by atoms with Gasteiger partial charge in [-0.25, -0.2) is 14.8 Å². The number of nitrogens with zero attached hydrogens (tertiary/aromatic N) is 3. The molecule has 1 heterocycles. The van der Waals surface area contributed by atoms with E-state index >= 15 is 0 Å². The van der Waals surface area contributed by atoms with E-state index < -0.39 is 5.97 Å². The second kappa shape index (κ2) is 5.69. The lowest BCUT2D eigenvalue weighted by Crippen LogP contribution is -2.19. The zero-order chi connectivity index (χ0) is 14.7. The summed E-state index contributed by atoms with van der Waals surface area (Å²) in [5.74, 6) is -0.243. The number of aromatic carboxylic acids is 1. The highest BCUT2D eigenvalue weighted by Gasteiger charge is 2.08. The summed E-state index contributed by atoms with van der Waals surface area (Å²) in [5, 5.41) is 8.87. The molecule has 0 unspecified atom stereocenters. The molecule has 2 rings (SSSR count). The van der Waals surface area contributed by atoms with Crippen LogP contribution in [-0.2, 0) is 6.54 Å². The van der Waals surface area contributed by atoms with Crippen molar-refractivity contribution >= 4 is 11.9 Å². The summed E-state index contributed by atoms with van der Waals surface area (Å²) in [4.78, 5) is 21.5. The van der Waals surface area contributed by atoms with E-state index in [1.807, 2.05) is 44.0 Å². The van der Waals surface area contributed by atoms with Gasteiger partial charge in [0, 0.05) is 25.0 Å². The summed E-state index contributed by atoms with van der Waals surface area (Å²) in [6, 6.07) is 8.76. The third-order valence-corrected chi connectivity index (χ3v) is 2.93. The van der Waals surface area contributed by atoms with Gasteiger partial charge in [-0.15, -0.1) is 0 Å². The van der Waals surface area contributed by atoms with Gasteiger partial charge in [0.2, 0.25) is 5.95 Å². The maximum Gasteiger partial charge on any atom is 0.335 e. The standard InChI is InChI=1S/C15H17N3O2/c1-10-8-11(2)17-15(16-10)18(3)9-12-4-6-13(7-5-12)14(19)20/h4-8H,9H2,1-3H3,(H,19,20). The normalized spacial score (nSPS) is 10.3. The summed E-state index contributed by atoms with van der Waals surface area (Å²) in [5.41, 5.74) is 3.17. The van der Waals surface area contributed by atoms with Crippen LogP contribution in [0.25, 0.3) is 0 Å². The highest BCUT2D eigenvalue weighted by molar-refractivity contribution is 5.87. The molecule has 104 valence electrons. The van der Waals surface area contributed by atoms with Crippen LogP contribution in [0.4, 0.5) is 5.95 Å². The fourth-order valence-corrected chi connectivity index (χ4v) is 1.98. The first-order valence-corrected chi connectivity index (χ1v) is 6.31. The molecule has 0 bridgehead atoms. The molecule has 0 saturated heterocycles. The van der Waals surface area contributed by atoms with Crippen molar-refractivity contribution in [3.05, 3.63) is 52.8 Å². The third-order valence-electron chi connectivity index (χ3n) is 2.93. The molecular weight excluding hydrogens is 254 g/mol. The molecular formula is C15H17N3O2. The van der Waals surface area contributed by atoms with Crippen LogP contribution >= 0.6 is 0 Å². The van der Waals surface area contributed by atoms with Gasteiger partial charge in [-0.2, -0.15) is 0 Å². The first-order chi connectivity index (χ1) is 9.45. The van der Waals surface area contributed by atoms with Crippen LogP contribution in [0, 0.1) is 13.8 Å². The molecule has 1 N–H and O–H groups in total. The molecule has 1 aromatic carbocycles. The Bertz CT molecular complexity index is 603. The largest absolute Gasteiger partial charge is 0.478 e. The van der Waals surface area contributed by atoms with Gasteiger partial charge in [-0.3, -0.25) is 0 Å². The van der Waals surface area contributed by atoms with Gasteiger partial charge in [0.1, 0.15) is 0 Å². The summed E-state index contributed by atoms with van der Waals surface area (Å²) in [6.45, 7) is 4.50. The smallest absolute Gasteiger partial charge is 0.335 e. The van der Waals surface area contributed by atoms with Crippen LogP contribution in [0.3, 0.4) is 0 Å². The number of carbonyl (C=O) groups is 1. The second-order valence-electron chi connectivity index (χ2n) is 4.81. The number of benzene rings is 1. The van der Waals surface area contributed by atoms with Gasteiger partial charge in [0.25, 0.3) is 0 Å². The van der Waals surface area contributed by atoms with Crippen molar-refractivity contribution in [2.45, 2.75) is 20.4 Å². The Labute approximate surface area is 117 Å². The highest BCUT2D eigenvalue weighted by atomic mass is 16.4. The van der Waals surface area contributed by atoms with E-state index in [-0.39, 0.29) is 0 Å². The van der Waals surface area contributed by atoms with E-state index in [4.69, 9.17) is 5.11 Å². The van der Waals surface area contributed by atoms with Gasteiger partial charge in [0.05, 0.1) is 5.56 Å². The predicted molar refractivity (Wildman–Crippen MR) is 77.0 cm³/mol. The van der Waals surface area contributed by atoms with Crippen molar-refractivity contribution in [3.8, 4) is 0 Å². The van der Waals surface area contributed by atoms with Gasteiger partial charge >= 0.3 is 5.97 Å². The number of carboxylic acids is 1. The lowest BCUT2D eigenvalue weighted by atomic mass is 10.1. The van der Waals surface area contributed by atoms with Crippen molar-refractivity contribution in [2.24, 2.45) is 0 Å². The fraction of sp³-hybridized carbons (Fsp3) is 0.267. The van der Waals surface area contributed by atoms with Gasteiger partial charge in [-0.05, 0) is 37.6 Å². The number of rotatable bonds is 4. The van der Waals surface area contributed by atoms with Crippen molar-refractivity contribution in [1.29, 1.82) is 0 Å². The average molecular weight is 271 g/mol. The Morgan fingerprint density at radius 1 is 1.15 bits per heavy atom. The molecule has 2 aromatic rings. The molecule has 1 aromatic heterocycles. The summed E-state index contributed by atoms with van der Waals surface area (Å²) >= 11 is 0. The average Bonchev–Trinajstić information content (AvgIpc) is 2.38. The fourth-order valence-electron chi connectivity index (χ4n) is 1.98. The Balaban J connectivity index is 2.14. The van der Waals surface area contributed by atoms with Gasteiger partial charge in [-0.1, -0.05) is 12.1 Å². The van der Waals surface area contributed by atoms with E-state index in [1.54, 1.807) is 12.1 Å². The molecule has 0 atom stereocenters. The van der Waals surface area contributed by atoms with E-state index in [1.165, 1.54) is 0 Å². The van der Waals surface area contributed by atoms with Crippen molar-refractivity contribution in [3.63, 3.8) is 0 Å². The Kier molecular flexibility index (Phi) is 3.98. The van der Waals surface area contributed by atoms with E-state index in [0.717, 1.165) is 17.0 Å². The summed E-state index contributed by atoms with van der Waals surface area (Å²) < 4.78 is 0. The molecule has 0 saturated carbocycles. The molecule has 5 heteroatoms. The number of hydrogen-bond acceptors (Lipinski definition) is 4. The van der Waals surface area contributed by atoms with Crippen molar-refractivity contribution in [1.82, 2.24) is 9.97 Å². The first kappa shape index (κ1) is 14.0. The van der Waals surface area contributed by atoms with E-state index in [0.29, 0.717) is 18.1 Å². The first-order valence-electron chi connectivity index (χ1n) is 6.31. The third kappa shape index (κ3) is 3.32. The van der Waals surface area contributed by atoms with Crippen molar-refractivity contribution < 1.29 is 9.90 Å². The monoisotopic (exact) mass is 271 g/mol. The van der Waals surface area contributed by atoms with E-state index in [2.05, 4.69) is 9.97 Å². The van der Waals surface area contributed by atoms with Crippen LogP contribution in [0.2, 0.25) is 0 Å². The topological polar surface area (TPSA) is 66.3 Å². The van der Waals surface area contributed by atoms with Gasteiger partial charge < -0.3 is 10.0 Å². The maximum atomic E-state index is 10.8. The van der Waals surface area contributed by atoms with Crippen molar-refractivity contribution in [2.75, 3.05) is 11.9 Å². The molecule has 0 aliphatic rings. The molecule has 0 radical (unpaired) electrons. The molecule has 20 heavy (non-hydrogen) atoms. The minimum Gasteiger partial charge on any atom is -0.478 e. The maximum absolute atomic E-state index is 10.8. The number of hydrogen-bond donors (Lipinski definition) is 1. The lowest BCUT2D eigenvalue weighted by molar-refractivity contribution is 0.0697. The van der Waals surface area contributed by atoms with Crippen LogP contribution in [0.5, 0.6) is 0 Å². The quantitative estimate of drug-likeness (QED) is 0.925. The van der Waals surface area contributed by atoms with Crippen LogP contribution in [0.15, 0.2) is 30.3 Å². The van der Waals surface area contributed by atoms with Crippen LogP contribution < -0.4 is 4.90 Å². The SMILES string of the molecule is Cc1cc(C)nc(N(C)Cc2ccc(C(=O)O)cc2)n1. The minimum absolute atomic E-state index is 0.291. The summed E-state index contributed by atoms with van der Waals surface area (Å²) in [7, 11) is 1.92.